The molecule has 2 rings (SSSR count). The molecule has 0 saturated heterocycles. The fourth-order valence-corrected chi connectivity index (χ4v) is 2.03. The Morgan fingerprint density at radius 1 is 1.38 bits per heavy atom. The summed E-state index contributed by atoms with van der Waals surface area (Å²) in [5.41, 5.74) is 1.39. The van der Waals surface area contributed by atoms with Crippen LogP contribution in [0.25, 0.3) is 0 Å². The van der Waals surface area contributed by atoms with Gasteiger partial charge in [0.2, 0.25) is 5.91 Å². The summed E-state index contributed by atoms with van der Waals surface area (Å²) in [6.45, 7) is 4.23. The van der Waals surface area contributed by atoms with E-state index in [4.69, 9.17) is 0 Å². The summed E-state index contributed by atoms with van der Waals surface area (Å²) in [6.07, 6.45) is 3.69. The van der Waals surface area contributed by atoms with Crippen molar-refractivity contribution in [2.24, 2.45) is 11.8 Å². The number of hydrogen-bond acceptors (Lipinski definition) is 1. The lowest BCUT2D eigenvalue weighted by atomic mass is 10.1. The molecule has 1 aromatic rings. The van der Waals surface area contributed by atoms with E-state index in [1.165, 1.54) is 18.1 Å². The highest BCUT2D eigenvalue weighted by atomic mass is 16.1. The first-order chi connectivity index (χ1) is 7.79. The molecule has 0 spiro atoms. The Bertz CT molecular complexity index is 372. The summed E-state index contributed by atoms with van der Waals surface area (Å²) in [6, 6.07) is 10.5. The van der Waals surface area contributed by atoms with Crippen LogP contribution in [0, 0.1) is 11.8 Å². The summed E-state index contributed by atoms with van der Waals surface area (Å²) in [5, 5.41) is 2.85. The maximum atomic E-state index is 11.0. The van der Waals surface area contributed by atoms with E-state index in [2.05, 4.69) is 36.2 Å². The molecule has 1 amide bonds. The number of carbonyl (C=O) groups is 1. The van der Waals surface area contributed by atoms with Crippen LogP contribution < -0.4 is 5.32 Å². The molecule has 0 aliphatic heterocycles. The Balaban J connectivity index is 1.72. The zero-order valence-electron chi connectivity index (χ0n) is 9.36. The Labute approximate surface area is 96.4 Å². The lowest BCUT2D eigenvalue weighted by molar-refractivity contribution is -0.116. The predicted octanol–water partition coefficient (Wildman–Crippen LogP) is 2.17. The molecular formula is C14H17NO. The van der Waals surface area contributed by atoms with Crippen molar-refractivity contribution in [3.63, 3.8) is 0 Å². The molecule has 2 nitrogen and oxygen atoms in total. The van der Waals surface area contributed by atoms with Crippen LogP contribution in [0.1, 0.15) is 12.0 Å². The standard InChI is InChI=1S/C14H17NO/c1-2-14(16)15-10-13-9-12(13)8-11-6-4-3-5-7-11/h2-7,12-13H,1,8-10H2,(H,15,16). The van der Waals surface area contributed by atoms with E-state index in [1.54, 1.807) is 0 Å². The molecule has 1 aromatic carbocycles. The highest BCUT2D eigenvalue weighted by Crippen LogP contribution is 2.40. The van der Waals surface area contributed by atoms with Crippen molar-refractivity contribution < 1.29 is 4.79 Å². The van der Waals surface area contributed by atoms with Gasteiger partial charge >= 0.3 is 0 Å². The molecule has 0 heterocycles. The SMILES string of the molecule is C=CC(=O)NCC1CC1Cc1ccccc1. The zero-order chi connectivity index (χ0) is 11.4. The van der Waals surface area contributed by atoms with Gasteiger partial charge in [0.1, 0.15) is 0 Å². The molecule has 1 aliphatic rings. The molecule has 1 saturated carbocycles. The third-order valence-electron chi connectivity index (χ3n) is 3.13. The maximum absolute atomic E-state index is 11.0. The lowest BCUT2D eigenvalue weighted by Crippen LogP contribution is -2.23. The molecule has 2 unspecified atom stereocenters. The second kappa shape index (κ2) is 4.97. The number of carbonyl (C=O) groups excluding carboxylic acids is 1. The fourth-order valence-electron chi connectivity index (χ4n) is 2.03. The highest BCUT2D eigenvalue weighted by Gasteiger charge is 2.36. The zero-order valence-corrected chi connectivity index (χ0v) is 9.36. The van der Waals surface area contributed by atoms with Crippen molar-refractivity contribution in [1.82, 2.24) is 5.32 Å². The summed E-state index contributed by atoms with van der Waals surface area (Å²) < 4.78 is 0. The average Bonchev–Trinajstić information content (AvgIpc) is 3.06. The number of hydrogen-bond donors (Lipinski definition) is 1. The van der Waals surface area contributed by atoms with Gasteiger partial charge in [0.25, 0.3) is 0 Å². The van der Waals surface area contributed by atoms with Crippen molar-refractivity contribution in [2.75, 3.05) is 6.54 Å². The van der Waals surface area contributed by atoms with E-state index in [-0.39, 0.29) is 5.91 Å². The molecule has 0 radical (unpaired) electrons. The normalized spacial score (nSPS) is 22.5. The molecule has 84 valence electrons. The van der Waals surface area contributed by atoms with Crippen LogP contribution >= 0.6 is 0 Å². The highest BCUT2D eigenvalue weighted by molar-refractivity contribution is 5.86. The van der Waals surface area contributed by atoms with E-state index < -0.39 is 0 Å². The number of benzene rings is 1. The number of nitrogens with one attached hydrogen (secondary N) is 1. The van der Waals surface area contributed by atoms with Crippen LogP contribution in [0.3, 0.4) is 0 Å². The first kappa shape index (κ1) is 10.9. The minimum absolute atomic E-state index is 0.0645. The van der Waals surface area contributed by atoms with Crippen LogP contribution in [0.15, 0.2) is 43.0 Å². The number of amides is 1. The van der Waals surface area contributed by atoms with Crippen molar-refractivity contribution in [1.29, 1.82) is 0 Å². The van der Waals surface area contributed by atoms with Crippen molar-refractivity contribution in [3.8, 4) is 0 Å². The smallest absolute Gasteiger partial charge is 0.243 e. The van der Waals surface area contributed by atoms with Crippen molar-refractivity contribution in [3.05, 3.63) is 48.6 Å². The van der Waals surface area contributed by atoms with Crippen LogP contribution in [0.4, 0.5) is 0 Å². The van der Waals surface area contributed by atoms with E-state index in [0.29, 0.717) is 5.92 Å². The van der Waals surface area contributed by atoms with Crippen LogP contribution in [-0.4, -0.2) is 12.5 Å². The van der Waals surface area contributed by atoms with Crippen LogP contribution in [0.5, 0.6) is 0 Å². The molecule has 1 aliphatic carbocycles. The van der Waals surface area contributed by atoms with Gasteiger partial charge in [0.15, 0.2) is 0 Å². The van der Waals surface area contributed by atoms with E-state index in [9.17, 15) is 4.79 Å². The Morgan fingerprint density at radius 2 is 2.12 bits per heavy atom. The Hall–Kier alpha value is -1.57. The molecule has 1 N–H and O–H groups in total. The molecular weight excluding hydrogens is 198 g/mol. The topological polar surface area (TPSA) is 29.1 Å². The molecule has 0 bridgehead atoms. The minimum Gasteiger partial charge on any atom is -0.352 e. The third-order valence-corrected chi connectivity index (χ3v) is 3.13. The summed E-state index contributed by atoms with van der Waals surface area (Å²) in [7, 11) is 0. The summed E-state index contributed by atoms with van der Waals surface area (Å²) >= 11 is 0. The maximum Gasteiger partial charge on any atom is 0.243 e. The quantitative estimate of drug-likeness (QED) is 0.749. The van der Waals surface area contributed by atoms with Crippen molar-refractivity contribution in [2.45, 2.75) is 12.8 Å². The Kier molecular flexibility index (Phi) is 3.40. The van der Waals surface area contributed by atoms with Gasteiger partial charge in [-0.3, -0.25) is 4.79 Å². The fraction of sp³-hybridized carbons (Fsp3) is 0.357. The van der Waals surface area contributed by atoms with Crippen molar-refractivity contribution >= 4 is 5.91 Å². The molecule has 2 atom stereocenters. The number of rotatable bonds is 5. The van der Waals surface area contributed by atoms with E-state index in [0.717, 1.165) is 18.9 Å². The molecule has 0 aromatic heterocycles. The Morgan fingerprint density at radius 3 is 2.81 bits per heavy atom. The second-order valence-electron chi connectivity index (χ2n) is 4.39. The monoisotopic (exact) mass is 215 g/mol. The van der Waals surface area contributed by atoms with Crippen LogP contribution in [0.2, 0.25) is 0 Å². The third kappa shape index (κ3) is 2.96. The van der Waals surface area contributed by atoms with E-state index in [1.807, 2.05) is 6.07 Å². The van der Waals surface area contributed by atoms with Gasteiger partial charge in [-0.2, -0.15) is 0 Å². The molecule has 1 fully saturated rings. The largest absolute Gasteiger partial charge is 0.352 e. The van der Waals surface area contributed by atoms with Crippen LogP contribution in [-0.2, 0) is 11.2 Å². The molecule has 2 heteroatoms. The summed E-state index contributed by atoms with van der Waals surface area (Å²) in [4.78, 5) is 11.0. The van der Waals surface area contributed by atoms with Gasteiger partial charge in [-0.05, 0) is 36.3 Å². The molecule has 16 heavy (non-hydrogen) atoms. The van der Waals surface area contributed by atoms with Gasteiger partial charge in [-0.15, -0.1) is 0 Å². The van der Waals surface area contributed by atoms with Gasteiger partial charge in [-0.25, -0.2) is 0 Å². The minimum atomic E-state index is -0.0645. The van der Waals surface area contributed by atoms with Gasteiger partial charge in [0.05, 0.1) is 0 Å². The summed E-state index contributed by atoms with van der Waals surface area (Å²) in [5.74, 6) is 1.34. The van der Waals surface area contributed by atoms with Gasteiger partial charge < -0.3 is 5.32 Å². The van der Waals surface area contributed by atoms with E-state index >= 15 is 0 Å². The second-order valence-corrected chi connectivity index (χ2v) is 4.39. The van der Waals surface area contributed by atoms with Gasteiger partial charge in [0, 0.05) is 6.54 Å². The first-order valence-electron chi connectivity index (χ1n) is 5.74. The average molecular weight is 215 g/mol. The predicted molar refractivity (Wildman–Crippen MR) is 64.9 cm³/mol. The van der Waals surface area contributed by atoms with Gasteiger partial charge in [-0.1, -0.05) is 36.9 Å². The first-order valence-corrected chi connectivity index (χ1v) is 5.74. The lowest BCUT2D eigenvalue weighted by Gasteiger charge is -2.02.